The van der Waals surface area contributed by atoms with E-state index in [0.717, 1.165) is 12.3 Å². The van der Waals surface area contributed by atoms with Gasteiger partial charge in [-0.15, -0.1) is 0 Å². The van der Waals surface area contributed by atoms with Crippen LogP contribution in [0.4, 0.5) is 0 Å². The highest BCUT2D eigenvalue weighted by molar-refractivity contribution is 5.15. The quantitative estimate of drug-likeness (QED) is 0.794. The van der Waals surface area contributed by atoms with Crippen molar-refractivity contribution < 1.29 is 4.42 Å². The predicted molar refractivity (Wildman–Crippen MR) is 71.8 cm³/mol. The number of nitrogens with two attached hydrogens (primary N) is 1. The van der Waals surface area contributed by atoms with Crippen molar-refractivity contribution in [2.45, 2.75) is 46.2 Å². The fourth-order valence-electron chi connectivity index (χ4n) is 2.46. The first-order valence-electron chi connectivity index (χ1n) is 6.53. The van der Waals surface area contributed by atoms with Crippen LogP contribution in [0.15, 0.2) is 16.7 Å². The van der Waals surface area contributed by atoms with Gasteiger partial charge in [0, 0.05) is 24.7 Å². The highest BCUT2D eigenvalue weighted by Crippen LogP contribution is 2.18. The number of aryl methyl sites for hydroxylation is 1. The third-order valence-electron chi connectivity index (χ3n) is 3.59. The van der Waals surface area contributed by atoms with E-state index < -0.39 is 0 Å². The molecule has 1 aromatic heterocycles. The number of likely N-dealkylation sites (N-methyl/N-ethyl adjacent to an activating group) is 1. The zero-order valence-corrected chi connectivity index (χ0v) is 11.6. The fraction of sp³-hybridized carbons (Fsp3) is 0.714. The lowest BCUT2D eigenvalue weighted by molar-refractivity contribution is 0.174. The maximum absolute atomic E-state index is 5.91. The number of rotatable bonds is 7. The third kappa shape index (κ3) is 3.86. The van der Waals surface area contributed by atoms with E-state index in [9.17, 15) is 0 Å². The average Bonchev–Trinajstić information content (AvgIpc) is 2.66. The van der Waals surface area contributed by atoms with Gasteiger partial charge in [-0.2, -0.15) is 0 Å². The van der Waals surface area contributed by atoms with Crippen molar-refractivity contribution in [3.8, 4) is 0 Å². The molecule has 0 spiro atoms. The van der Waals surface area contributed by atoms with Gasteiger partial charge in [-0.1, -0.05) is 20.3 Å². The SMILES string of the molecule is CCCC(C)C(CN)N(C)Cc1ccoc1C. The molecule has 3 nitrogen and oxygen atoms in total. The van der Waals surface area contributed by atoms with Crippen LogP contribution in [0.2, 0.25) is 0 Å². The van der Waals surface area contributed by atoms with Crippen LogP contribution in [0.5, 0.6) is 0 Å². The van der Waals surface area contributed by atoms with Crippen molar-refractivity contribution in [2.75, 3.05) is 13.6 Å². The Labute approximate surface area is 105 Å². The number of furan rings is 1. The van der Waals surface area contributed by atoms with Gasteiger partial charge in [0.05, 0.1) is 6.26 Å². The number of nitrogens with zero attached hydrogens (tertiary/aromatic N) is 1. The fourth-order valence-corrected chi connectivity index (χ4v) is 2.46. The Morgan fingerprint density at radius 2 is 2.18 bits per heavy atom. The lowest BCUT2D eigenvalue weighted by Gasteiger charge is -2.31. The molecule has 3 heteroatoms. The van der Waals surface area contributed by atoms with Crippen LogP contribution in [0.3, 0.4) is 0 Å². The van der Waals surface area contributed by atoms with Crippen LogP contribution in [-0.2, 0) is 6.54 Å². The van der Waals surface area contributed by atoms with Crippen molar-refractivity contribution in [1.29, 1.82) is 0 Å². The molecule has 0 radical (unpaired) electrons. The molecule has 0 aliphatic heterocycles. The summed E-state index contributed by atoms with van der Waals surface area (Å²) in [4.78, 5) is 2.35. The Hall–Kier alpha value is -0.800. The standard InChI is InChI=1S/C14H26N2O/c1-5-6-11(2)14(9-15)16(4)10-13-7-8-17-12(13)3/h7-8,11,14H,5-6,9-10,15H2,1-4H3. The van der Waals surface area contributed by atoms with Crippen LogP contribution < -0.4 is 5.73 Å². The number of hydrogen-bond acceptors (Lipinski definition) is 3. The smallest absolute Gasteiger partial charge is 0.105 e. The van der Waals surface area contributed by atoms with Crippen LogP contribution in [-0.4, -0.2) is 24.5 Å². The molecule has 2 N–H and O–H groups in total. The van der Waals surface area contributed by atoms with Crippen LogP contribution in [0, 0.1) is 12.8 Å². The zero-order valence-electron chi connectivity index (χ0n) is 11.6. The summed E-state index contributed by atoms with van der Waals surface area (Å²) in [5, 5.41) is 0. The molecule has 1 heterocycles. The van der Waals surface area contributed by atoms with Crippen molar-refractivity contribution >= 4 is 0 Å². The first kappa shape index (κ1) is 14.3. The zero-order chi connectivity index (χ0) is 12.8. The second-order valence-electron chi connectivity index (χ2n) is 4.99. The predicted octanol–water partition coefficient (Wildman–Crippen LogP) is 2.78. The van der Waals surface area contributed by atoms with Gasteiger partial charge in [0.2, 0.25) is 0 Å². The van der Waals surface area contributed by atoms with E-state index in [4.69, 9.17) is 10.2 Å². The summed E-state index contributed by atoms with van der Waals surface area (Å²) >= 11 is 0. The summed E-state index contributed by atoms with van der Waals surface area (Å²) in [5.74, 6) is 1.65. The monoisotopic (exact) mass is 238 g/mol. The summed E-state index contributed by atoms with van der Waals surface area (Å²) in [6.07, 6.45) is 4.21. The molecule has 17 heavy (non-hydrogen) atoms. The van der Waals surface area contributed by atoms with E-state index in [0.29, 0.717) is 18.5 Å². The molecule has 0 amide bonds. The molecule has 0 aromatic carbocycles. The molecular formula is C14H26N2O. The molecule has 98 valence electrons. The minimum Gasteiger partial charge on any atom is -0.469 e. The van der Waals surface area contributed by atoms with Crippen molar-refractivity contribution in [2.24, 2.45) is 11.7 Å². The van der Waals surface area contributed by atoms with E-state index in [1.54, 1.807) is 6.26 Å². The normalized spacial score (nSPS) is 15.2. The largest absolute Gasteiger partial charge is 0.469 e. The van der Waals surface area contributed by atoms with Crippen LogP contribution >= 0.6 is 0 Å². The van der Waals surface area contributed by atoms with Gasteiger partial charge in [0.25, 0.3) is 0 Å². The Morgan fingerprint density at radius 3 is 2.65 bits per heavy atom. The van der Waals surface area contributed by atoms with Crippen LogP contribution in [0.1, 0.15) is 38.0 Å². The third-order valence-corrected chi connectivity index (χ3v) is 3.59. The molecule has 0 fully saturated rings. The van der Waals surface area contributed by atoms with Gasteiger partial charge >= 0.3 is 0 Å². The van der Waals surface area contributed by atoms with Gasteiger partial charge in [0.1, 0.15) is 5.76 Å². The Bertz CT molecular complexity index is 322. The van der Waals surface area contributed by atoms with Gasteiger partial charge in [-0.25, -0.2) is 0 Å². The van der Waals surface area contributed by atoms with Gasteiger partial charge in [0.15, 0.2) is 0 Å². The Morgan fingerprint density at radius 1 is 1.47 bits per heavy atom. The summed E-state index contributed by atoms with van der Waals surface area (Å²) in [5.41, 5.74) is 7.17. The highest BCUT2D eigenvalue weighted by atomic mass is 16.3. The van der Waals surface area contributed by atoms with E-state index in [1.807, 2.05) is 13.0 Å². The average molecular weight is 238 g/mol. The minimum absolute atomic E-state index is 0.448. The molecule has 0 bridgehead atoms. The van der Waals surface area contributed by atoms with E-state index >= 15 is 0 Å². The Balaban J connectivity index is 2.60. The Kier molecular flexibility index (Phi) is 5.72. The molecule has 0 saturated carbocycles. The van der Waals surface area contributed by atoms with Gasteiger partial charge in [-0.05, 0) is 32.4 Å². The molecule has 1 rings (SSSR count). The maximum atomic E-state index is 5.91. The van der Waals surface area contributed by atoms with Crippen molar-refractivity contribution in [1.82, 2.24) is 4.90 Å². The first-order chi connectivity index (χ1) is 8.10. The highest BCUT2D eigenvalue weighted by Gasteiger charge is 2.20. The van der Waals surface area contributed by atoms with E-state index in [-0.39, 0.29) is 0 Å². The summed E-state index contributed by atoms with van der Waals surface area (Å²) in [6.45, 7) is 8.16. The lowest BCUT2D eigenvalue weighted by atomic mass is 9.95. The minimum atomic E-state index is 0.448. The molecule has 2 atom stereocenters. The molecular weight excluding hydrogens is 212 g/mol. The molecule has 0 aliphatic rings. The van der Waals surface area contributed by atoms with Gasteiger partial charge < -0.3 is 10.2 Å². The summed E-state index contributed by atoms with van der Waals surface area (Å²) in [7, 11) is 2.15. The second kappa shape index (κ2) is 6.82. The van der Waals surface area contributed by atoms with Gasteiger partial charge in [-0.3, -0.25) is 4.90 Å². The maximum Gasteiger partial charge on any atom is 0.105 e. The lowest BCUT2D eigenvalue weighted by Crippen LogP contribution is -2.42. The molecule has 0 aliphatic carbocycles. The van der Waals surface area contributed by atoms with Crippen LogP contribution in [0.25, 0.3) is 0 Å². The van der Waals surface area contributed by atoms with E-state index in [2.05, 4.69) is 25.8 Å². The molecule has 0 saturated heterocycles. The summed E-state index contributed by atoms with van der Waals surface area (Å²) < 4.78 is 5.33. The van der Waals surface area contributed by atoms with Crippen molar-refractivity contribution in [3.63, 3.8) is 0 Å². The van der Waals surface area contributed by atoms with Crippen molar-refractivity contribution in [3.05, 3.63) is 23.7 Å². The first-order valence-corrected chi connectivity index (χ1v) is 6.53. The molecule has 2 unspecified atom stereocenters. The second-order valence-corrected chi connectivity index (χ2v) is 4.99. The van der Waals surface area contributed by atoms with E-state index in [1.165, 1.54) is 18.4 Å². The summed E-state index contributed by atoms with van der Waals surface area (Å²) in [6, 6.07) is 2.49. The number of hydrogen-bond donors (Lipinski definition) is 1. The molecule has 1 aromatic rings. The topological polar surface area (TPSA) is 42.4 Å².